The zero-order valence-electron chi connectivity index (χ0n) is 8.27. The molecule has 0 aliphatic rings. The van der Waals surface area contributed by atoms with E-state index in [1.807, 2.05) is 6.92 Å². The molecule has 0 aliphatic carbocycles. The van der Waals surface area contributed by atoms with Crippen molar-refractivity contribution < 1.29 is 13.2 Å². The molecule has 2 N–H and O–H groups in total. The van der Waals surface area contributed by atoms with Gasteiger partial charge in [0.1, 0.15) is 17.5 Å². The number of hydrogen-bond donors (Lipinski definition) is 1. The highest BCUT2D eigenvalue weighted by Gasteiger charge is 2.17. The molecule has 1 aromatic carbocycles. The van der Waals surface area contributed by atoms with Crippen molar-refractivity contribution in [3.05, 3.63) is 35.1 Å². The van der Waals surface area contributed by atoms with Gasteiger partial charge in [-0.25, -0.2) is 13.2 Å². The third kappa shape index (κ3) is 3.39. The SMILES string of the molecule is CCC[C@H](N)c1c(F)cc(F)cc1F.Cl. The molecular formula is C10H13ClF3N. The molecule has 0 radical (unpaired) electrons. The lowest BCUT2D eigenvalue weighted by atomic mass is 10.0. The minimum atomic E-state index is -0.924. The van der Waals surface area contributed by atoms with Gasteiger partial charge in [-0.2, -0.15) is 0 Å². The number of halogens is 4. The van der Waals surface area contributed by atoms with E-state index < -0.39 is 23.5 Å². The maximum atomic E-state index is 13.1. The summed E-state index contributed by atoms with van der Waals surface area (Å²) >= 11 is 0. The fourth-order valence-corrected chi connectivity index (χ4v) is 1.36. The number of benzene rings is 1. The Labute approximate surface area is 92.9 Å². The van der Waals surface area contributed by atoms with E-state index in [4.69, 9.17) is 5.73 Å². The van der Waals surface area contributed by atoms with Crippen LogP contribution in [0.5, 0.6) is 0 Å². The zero-order valence-corrected chi connectivity index (χ0v) is 9.08. The monoisotopic (exact) mass is 239 g/mol. The van der Waals surface area contributed by atoms with Gasteiger partial charge in [0.25, 0.3) is 0 Å². The standard InChI is InChI=1S/C10H12F3N.ClH/c1-2-3-9(14)10-7(12)4-6(11)5-8(10)13;/h4-5,9H,2-3,14H2,1H3;1H/t9-;/m0./s1. The summed E-state index contributed by atoms with van der Waals surface area (Å²) in [6.45, 7) is 1.86. The van der Waals surface area contributed by atoms with Crippen molar-refractivity contribution in [2.24, 2.45) is 5.73 Å². The molecule has 0 spiro atoms. The second-order valence-electron chi connectivity index (χ2n) is 3.18. The van der Waals surface area contributed by atoms with Gasteiger partial charge in [-0.05, 0) is 6.42 Å². The van der Waals surface area contributed by atoms with Crippen LogP contribution in [-0.4, -0.2) is 0 Å². The second-order valence-corrected chi connectivity index (χ2v) is 3.18. The minimum Gasteiger partial charge on any atom is -0.324 e. The van der Waals surface area contributed by atoms with Gasteiger partial charge in [0.15, 0.2) is 0 Å². The van der Waals surface area contributed by atoms with Crippen LogP contribution in [0.25, 0.3) is 0 Å². The zero-order chi connectivity index (χ0) is 10.7. The molecule has 0 aliphatic heterocycles. The molecule has 0 saturated carbocycles. The molecule has 0 heterocycles. The normalized spacial score (nSPS) is 12.1. The van der Waals surface area contributed by atoms with Crippen LogP contribution in [0.4, 0.5) is 13.2 Å². The first-order chi connectivity index (χ1) is 6.56. The molecule has 0 amide bonds. The molecule has 1 atom stereocenters. The molecule has 0 aromatic heterocycles. The van der Waals surface area contributed by atoms with Gasteiger partial charge in [-0.15, -0.1) is 12.4 Å². The summed E-state index contributed by atoms with van der Waals surface area (Å²) in [5.41, 5.74) is 5.33. The first-order valence-electron chi connectivity index (χ1n) is 4.46. The summed E-state index contributed by atoms with van der Waals surface area (Å²) in [5.74, 6) is -2.75. The number of nitrogens with two attached hydrogens (primary N) is 1. The second kappa shape index (κ2) is 5.98. The molecule has 1 nitrogen and oxygen atoms in total. The van der Waals surface area contributed by atoms with E-state index in [9.17, 15) is 13.2 Å². The molecule has 86 valence electrons. The Morgan fingerprint density at radius 1 is 1.20 bits per heavy atom. The summed E-state index contributed by atoms with van der Waals surface area (Å²) in [6, 6.07) is 0.586. The van der Waals surface area contributed by atoms with Crippen LogP contribution in [0.1, 0.15) is 31.4 Å². The molecule has 0 unspecified atom stereocenters. The van der Waals surface area contributed by atoms with Crippen LogP contribution in [0.15, 0.2) is 12.1 Å². The van der Waals surface area contributed by atoms with E-state index in [1.165, 1.54) is 0 Å². The number of hydrogen-bond acceptors (Lipinski definition) is 1. The van der Waals surface area contributed by atoms with Crippen LogP contribution in [-0.2, 0) is 0 Å². The maximum Gasteiger partial charge on any atom is 0.133 e. The van der Waals surface area contributed by atoms with E-state index in [-0.39, 0.29) is 18.0 Å². The maximum absolute atomic E-state index is 13.1. The van der Waals surface area contributed by atoms with Crippen LogP contribution >= 0.6 is 12.4 Å². The molecule has 0 saturated heterocycles. The van der Waals surface area contributed by atoms with E-state index >= 15 is 0 Å². The summed E-state index contributed by atoms with van der Waals surface area (Å²) in [7, 11) is 0. The van der Waals surface area contributed by atoms with Gasteiger partial charge in [0, 0.05) is 23.7 Å². The summed E-state index contributed by atoms with van der Waals surface area (Å²) in [5, 5.41) is 0. The minimum absolute atomic E-state index is 0. The highest BCUT2D eigenvalue weighted by molar-refractivity contribution is 5.85. The summed E-state index contributed by atoms with van der Waals surface area (Å²) < 4.78 is 38.8. The van der Waals surface area contributed by atoms with Crippen molar-refractivity contribution in [3.63, 3.8) is 0 Å². The van der Waals surface area contributed by atoms with Crippen molar-refractivity contribution >= 4 is 12.4 Å². The predicted molar refractivity (Wildman–Crippen MR) is 55.4 cm³/mol. The molecule has 5 heteroatoms. The van der Waals surface area contributed by atoms with Crippen molar-refractivity contribution in [2.45, 2.75) is 25.8 Å². The highest BCUT2D eigenvalue weighted by atomic mass is 35.5. The Balaban J connectivity index is 0.00000196. The Morgan fingerprint density at radius 3 is 2.07 bits per heavy atom. The summed E-state index contributed by atoms with van der Waals surface area (Å²) in [4.78, 5) is 0. The van der Waals surface area contributed by atoms with Crippen molar-refractivity contribution in [2.75, 3.05) is 0 Å². The Hall–Kier alpha value is -0.740. The van der Waals surface area contributed by atoms with Gasteiger partial charge >= 0.3 is 0 Å². The molecule has 0 bridgehead atoms. The van der Waals surface area contributed by atoms with Crippen LogP contribution in [0, 0.1) is 17.5 Å². The van der Waals surface area contributed by atoms with Crippen LogP contribution in [0.2, 0.25) is 0 Å². The van der Waals surface area contributed by atoms with Gasteiger partial charge in [0.2, 0.25) is 0 Å². The average Bonchev–Trinajstić information content (AvgIpc) is 2.01. The Bertz CT molecular complexity index is 307. The van der Waals surface area contributed by atoms with Crippen LogP contribution in [0.3, 0.4) is 0 Å². The van der Waals surface area contributed by atoms with E-state index in [1.54, 1.807) is 0 Å². The van der Waals surface area contributed by atoms with E-state index in [0.717, 1.165) is 6.42 Å². The molecule has 0 fully saturated rings. The van der Waals surface area contributed by atoms with Gasteiger partial charge < -0.3 is 5.73 Å². The van der Waals surface area contributed by atoms with Crippen molar-refractivity contribution in [1.82, 2.24) is 0 Å². The highest BCUT2D eigenvalue weighted by Crippen LogP contribution is 2.23. The Morgan fingerprint density at radius 2 is 1.67 bits per heavy atom. The van der Waals surface area contributed by atoms with Crippen molar-refractivity contribution in [1.29, 1.82) is 0 Å². The fraction of sp³-hybridized carbons (Fsp3) is 0.400. The average molecular weight is 240 g/mol. The molecular weight excluding hydrogens is 227 g/mol. The summed E-state index contributed by atoms with van der Waals surface area (Å²) in [6.07, 6.45) is 1.19. The van der Waals surface area contributed by atoms with E-state index in [2.05, 4.69) is 0 Å². The fourth-order valence-electron chi connectivity index (χ4n) is 1.36. The molecule has 1 rings (SSSR count). The predicted octanol–water partition coefficient (Wildman–Crippen LogP) is 3.33. The van der Waals surface area contributed by atoms with Crippen LogP contribution < -0.4 is 5.73 Å². The molecule has 15 heavy (non-hydrogen) atoms. The lowest BCUT2D eigenvalue weighted by Crippen LogP contribution is -2.14. The van der Waals surface area contributed by atoms with Gasteiger partial charge in [-0.1, -0.05) is 13.3 Å². The first-order valence-corrected chi connectivity index (χ1v) is 4.46. The quantitative estimate of drug-likeness (QED) is 0.860. The van der Waals surface area contributed by atoms with Gasteiger partial charge in [0.05, 0.1) is 0 Å². The molecule has 1 aromatic rings. The van der Waals surface area contributed by atoms with Gasteiger partial charge in [-0.3, -0.25) is 0 Å². The van der Waals surface area contributed by atoms with E-state index in [0.29, 0.717) is 18.6 Å². The van der Waals surface area contributed by atoms with Crippen molar-refractivity contribution in [3.8, 4) is 0 Å². The lowest BCUT2D eigenvalue weighted by Gasteiger charge is -2.12. The topological polar surface area (TPSA) is 26.0 Å². The first kappa shape index (κ1) is 14.3. The lowest BCUT2D eigenvalue weighted by molar-refractivity contribution is 0.491. The Kier molecular flexibility index (Phi) is 5.68. The third-order valence-electron chi connectivity index (χ3n) is 2.01. The smallest absolute Gasteiger partial charge is 0.133 e. The number of rotatable bonds is 3. The third-order valence-corrected chi connectivity index (χ3v) is 2.01. The largest absolute Gasteiger partial charge is 0.324 e.